The van der Waals surface area contributed by atoms with Crippen LogP contribution in [0.25, 0.3) is 6.08 Å². The zero-order chi connectivity index (χ0) is 21.4. The largest absolute Gasteiger partial charge is 0.442 e. The molecule has 156 valence electrons. The number of hydrogen-bond acceptors (Lipinski definition) is 5. The van der Waals surface area contributed by atoms with E-state index in [1.807, 2.05) is 37.3 Å². The third-order valence-corrected chi connectivity index (χ3v) is 5.68. The summed E-state index contributed by atoms with van der Waals surface area (Å²) < 4.78 is 5.29. The molecule has 0 aliphatic carbocycles. The van der Waals surface area contributed by atoms with Crippen molar-refractivity contribution < 1.29 is 19.1 Å². The summed E-state index contributed by atoms with van der Waals surface area (Å²) in [5.41, 5.74) is 7.36. The number of amides is 3. The molecular weight excluding hydrogens is 372 g/mol. The van der Waals surface area contributed by atoms with Gasteiger partial charge < -0.3 is 10.1 Å². The molecule has 2 atom stereocenters. The van der Waals surface area contributed by atoms with Crippen LogP contribution in [0.1, 0.15) is 40.2 Å². The molecule has 1 unspecified atom stereocenters. The lowest BCUT2D eigenvalue weighted by Gasteiger charge is -2.38. The first-order valence-corrected chi connectivity index (χ1v) is 9.63. The first-order chi connectivity index (χ1) is 13.5. The predicted molar refractivity (Wildman–Crippen MR) is 110 cm³/mol. The summed E-state index contributed by atoms with van der Waals surface area (Å²) in [5, 5.41) is 2.66. The highest BCUT2D eigenvalue weighted by molar-refractivity contribution is 6.02. The topological polar surface area (TPSA) is 99.8 Å². The van der Waals surface area contributed by atoms with Crippen LogP contribution in [0, 0.1) is 5.41 Å². The van der Waals surface area contributed by atoms with Gasteiger partial charge in [-0.2, -0.15) is 0 Å². The predicted octanol–water partition coefficient (Wildman–Crippen LogP) is 1.97. The maximum atomic E-state index is 12.4. The Morgan fingerprint density at radius 3 is 2.55 bits per heavy atom. The van der Waals surface area contributed by atoms with Gasteiger partial charge in [-0.3, -0.25) is 19.9 Å². The van der Waals surface area contributed by atoms with Crippen LogP contribution in [0.15, 0.2) is 29.8 Å². The van der Waals surface area contributed by atoms with E-state index >= 15 is 0 Å². The van der Waals surface area contributed by atoms with Gasteiger partial charge in [-0.05, 0) is 36.1 Å². The molecule has 1 aromatic carbocycles. The quantitative estimate of drug-likeness (QED) is 0.671. The fourth-order valence-corrected chi connectivity index (χ4v) is 3.36. The summed E-state index contributed by atoms with van der Waals surface area (Å²) in [6, 6.07) is 7.38. The average Bonchev–Trinajstić information content (AvgIpc) is 3.15. The molecule has 2 aliphatic heterocycles. The Kier molecular flexibility index (Phi) is 5.40. The van der Waals surface area contributed by atoms with E-state index in [-0.39, 0.29) is 29.9 Å². The van der Waals surface area contributed by atoms with Crippen LogP contribution in [0.4, 0.5) is 10.5 Å². The maximum Gasteiger partial charge on any atom is 0.414 e. The molecule has 2 fully saturated rings. The van der Waals surface area contributed by atoms with Gasteiger partial charge in [0.25, 0.3) is 5.91 Å². The molecule has 2 saturated heterocycles. The standard InChI is InChI=1S/C21H28N4O4/c1-13(26)22-11-16-12-25(19(28)29-16)15-8-6-14(7-9-15)10-17-18(27)23-24-21(17,5)20(2,3)4/h6-10,16,24H,11-12H2,1-5H3,(H,22,26)(H,23,27)/b17-10+/t16-,21?/m0/s1. The van der Waals surface area contributed by atoms with Crippen LogP contribution in [0.2, 0.25) is 0 Å². The number of carbonyl (C=O) groups is 3. The summed E-state index contributed by atoms with van der Waals surface area (Å²) in [6.07, 6.45) is 1.05. The SMILES string of the molecule is CC(=O)NC[C@H]1CN(c2ccc(/C=C3\C(=O)NNC3(C)C(C)(C)C)cc2)C(=O)O1. The van der Waals surface area contributed by atoms with Crippen molar-refractivity contribution in [1.29, 1.82) is 0 Å². The summed E-state index contributed by atoms with van der Waals surface area (Å²) in [5.74, 6) is -0.306. The van der Waals surface area contributed by atoms with Gasteiger partial charge in [0.1, 0.15) is 6.10 Å². The van der Waals surface area contributed by atoms with Crippen molar-refractivity contribution >= 4 is 29.7 Å². The number of rotatable bonds is 4. The Labute approximate surface area is 170 Å². The van der Waals surface area contributed by atoms with Crippen LogP contribution in [0.3, 0.4) is 0 Å². The number of hydrazine groups is 1. The van der Waals surface area contributed by atoms with E-state index in [1.165, 1.54) is 11.8 Å². The third-order valence-electron chi connectivity index (χ3n) is 5.68. The lowest BCUT2D eigenvalue weighted by molar-refractivity contribution is -0.119. The minimum absolute atomic E-state index is 0.143. The van der Waals surface area contributed by atoms with Crippen molar-refractivity contribution in [2.45, 2.75) is 46.3 Å². The van der Waals surface area contributed by atoms with Crippen LogP contribution in [-0.2, 0) is 14.3 Å². The van der Waals surface area contributed by atoms with Gasteiger partial charge in [0.15, 0.2) is 0 Å². The molecule has 1 aromatic rings. The van der Waals surface area contributed by atoms with Crippen molar-refractivity contribution in [2.24, 2.45) is 5.41 Å². The number of nitrogens with zero attached hydrogens (tertiary/aromatic N) is 1. The van der Waals surface area contributed by atoms with Crippen molar-refractivity contribution in [3.63, 3.8) is 0 Å². The van der Waals surface area contributed by atoms with E-state index in [2.05, 4.69) is 36.9 Å². The lowest BCUT2D eigenvalue weighted by Crippen LogP contribution is -2.51. The summed E-state index contributed by atoms with van der Waals surface area (Å²) in [6.45, 7) is 10.3. The second-order valence-corrected chi connectivity index (χ2v) is 8.66. The minimum atomic E-state index is -0.515. The highest BCUT2D eigenvalue weighted by Crippen LogP contribution is 2.39. The molecule has 0 saturated carbocycles. The fraction of sp³-hybridized carbons (Fsp3) is 0.476. The molecule has 0 radical (unpaired) electrons. The number of carbonyl (C=O) groups excluding carboxylic acids is 3. The normalized spacial score (nSPS) is 25.9. The van der Waals surface area contributed by atoms with E-state index in [9.17, 15) is 14.4 Å². The Bertz CT molecular complexity index is 856. The molecule has 3 amide bonds. The summed E-state index contributed by atoms with van der Waals surface area (Å²) in [7, 11) is 0. The molecule has 0 bridgehead atoms. The van der Waals surface area contributed by atoms with Gasteiger partial charge in [-0.15, -0.1) is 0 Å². The second kappa shape index (κ2) is 7.51. The molecule has 0 aromatic heterocycles. The van der Waals surface area contributed by atoms with Crippen molar-refractivity contribution in [1.82, 2.24) is 16.2 Å². The summed E-state index contributed by atoms with van der Waals surface area (Å²) >= 11 is 0. The number of anilines is 1. The zero-order valence-corrected chi connectivity index (χ0v) is 17.5. The van der Waals surface area contributed by atoms with Crippen molar-refractivity contribution in [2.75, 3.05) is 18.0 Å². The molecule has 2 aliphatic rings. The second-order valence-electron chi connectivity index (χ2n) is 8.66. The van der Waals surface area contributed by atoms with Gasteiger partial charge in [0, 0.05) is 18.2 Å². The zero-order valence-electron chi connectivity index (χ0n) is 17.5. The first-order valence-electron chi connectivity index (χ1n) is 9.63. The molecular formula is C21H28N4O4. The van der Waals surface area contributed by atoms with Gasteiger partial charge in [-0.1, -0.05) is 32.9 Å². The van der Waals surface area contributed by atoms with Crippen LogP contribution < -0.4 is 21.1 Å². The number of benzene rings is 1. The first kappa shape index (κ1) is 20.9. The van der Waals surface area contributed by atoms with E-state index in [0.717, 1.165) is 5.56 Å². The molecule has 3 N–H and O–H groups in total. The highest BCUT2D eigenvalue weighted by atomic mass is 16.6. The highest BCUT2D eigenvalue weighted by Gasteiger charge is 2.47. The molecule has 0 spiro atoms. The van der Waals surface area contributed by atoms with Crippen molar-refractivity contribution in [3.05, 3.63) is 35.4 Å². The van der Waals surface area contributed by atoms with Crippen molar-refractivity contribution in [3.8, 4) is 0 Å². The number of hydrogen-bond donors (Lipinski definition) is 3. The maximum absolute atomic E-state index is 12.4. The van der Waals surface area contributed by atoms with E-state index in [0.29, 0.717) is 17.8 Å². The van der Waals surface area contributed by atoms with E-state index in [4.69, 9.17) is 4.74 Å². The molecule has 8 nitrogen and oxygen atoms in total. The number of nitrogens with one attached hydrogen (secondary N) is 3. The molecule has 2 heterocycles. The Morgan fingerprint density at radius 1 is 1.31 bits per heavy atom. The van der Waals surface area contributed by atoms with Crippen LogP contribution >= 0.6 is 0 Å². The molecule has 8 heteroatoms. The minimum Gasteiger partial charge on any atom is -0.442 e. The monoisotopic (exact) mass is 400 g/mol. The van der Waals surface area contributed by atoms with Crippen LogP contribution in [0.5, 0.6) is 0 Å². The van der Waals surface area contributed by atoms with Crippen LogP contribution in [-0.4, -0.2) is 42.6 Å². The molecule has 29 heavy (non-hydrogen) atoms. The van der Waals surface area contributed by atoms with E-state index in [1.54, 1.807) is 0 Å². The van der Waals surface area contributed by atoms with E-state index < -0.39 is 11.6 Å². The van der Waals surface area contributed by atoms with Gasteiger partial charge in [-0.25, -0.2) is 10.2 Å². The number of ether oxygens (including phenoxy) is 1. The summed E-state index contributed by atoms with van der Waals surface area (Å²) in [4.78, 5) is 37.1. The van der Waals surface area contributed by atoms with Gasteiger partial charge in [0.05, 0.1) is 18.6 Å². The smallest absolute Gasteiger partial charge is 0.414 e. The molecule has 3 rings (SSSR count). The Hall–Kier alpha value is -2.87. The lowest BCUT2D eigenvalue weighted by atomic mass is 9.71. The Balaban J connectivity index is 1.77. The fourth-order valence-electron chi connectivity index (χ4n) is 3.36. The van der Waals surface area contributed by atoms with Gasteiger partial charge >= 0.3 is 6.09 Å². The third kappa shape index (κ3) is 4.12. The average molecular weight is 400 g/mol. The van der Waals surface area contributed by atoms with Gasteiger partial charge in [0.2, 0.25) is 5.91 Å². The number of cyclic esters (lactones) is 1. The Morgan fingerprint density at radius 2 is 1.97 bits per heavy atom.